The average molecular weight is 167 g/mol. The molecule has 0 saturated carbocycles. The van der Waals surface area contributed by atoms with Gasteiger partial charge in [0.2, 0.25) is 0 Å². The third-order valence-corrected chi connectivity index (χ3v) is 1.12. The van der Waals surface area contributed by atoms with E-state index in [0.717, 1.165) is 16.9 Å². The third kappa shape index (κ3) is 4.57. The van der Waals surface area contributed by atoms with Crippen LogP contribution in [0.4, 0.5) is 11.4 Å². The lowest BCUT2D eigenvalue weighted by Gasteiger charge is -1.97. The smallest absolute Gasteiger partial charge is 0.0337 e. The Kier molecular flexibility index (Phi) is 4.88. The number of anilines is 2. The SMILES string of the molecule is CNC.Cc1cc(N)cc(N)c1. The first-order valence-electron chi connectivity index (χ1n) is 3.81. The fourth-order valence-electron chi connectivity index (χ4n) is 0.843. The second-order valence-electron chi connectivity index (χ2n) is 2.68. The van der Waals surface area contributed by atoms with Crippen molar-refractivity contribution in [2.24, 2.45) is 0 Å². The molecule has 0 spiro atoms. The molecule has 0 atom stereocenters. The molecule has 68 valence electrons. The molecule has 3 heteroatoms. The van der Waals surface area contributed by atoms with E-state index in [0.29, 0.717) is 0 Å². The molecule has 0 bridgehead atoms. The van der Waals surface area contributed by atoms with Gasteiger partial charge in [0.1, 0.15) is 0 Å². The predicted molar refractivity (Wildman–Crippen MR) is 55.0 cm³/mol. The molecule has 1 aromatic carbocycles. The van der Waals surface area contributed by atoms with Crippen molar-refractivity contribution in [3.05, 3.63) is 23.8 Å². The van der Waals surface area contributed by atoms with Crippen LogP contribution in [0.1, 0.15) is 5.56 Å². The van der Waals surface area contributed by atoms with Crippen molar-refractivity contribution < 1.29 is 0 Å². The van der Waals surface area contributed by atoms with Crippen LogP contribution in [-0.4, -0.2) is 14.1 Å². The maximum Gasteiger partial charge on any atom is 0.0337 e. The molecule has 0 radical (unpaired) electrons. The monoisotopic (exact) mass is 167 g/mol. The van der Waals surface area contributed by atoms with Gasteiger partial charge in [-0.25, -0.2) is 0 Å². The summed E-state index contributed by atoms with van der Waals surface area (Å²) in [6.45, 7) is 1.96. The summed E-state index contributed by atoms with van der Waals surface area (Å²) in [5, 5.41) is 2.75. The fraction of sp³-hybridized carbons (Fsp3) is 0.333. The number of nitrogens with one attached hydrogen (secondary N) is 1. The molecule has 0 aliphatic carbocycles. The van der Waals surface area contributed by atoms with Crippen LogP contribution in [0.25, 0.3) is 0 Å². The number of nitrogens with two attached hydrogens (primary N) is 2. The predicted octanol–water partition coefficient (Wildman–Crippen LogP) is 0.995. The van der Waals surface area contributed by atoms with Crippen LogP contribution in [0.3, 0.4) is 0 Å². The Labute approximate surface area is 73.8 Å². The molecule has 0 aliphatic heterocycles. The van der Waals surface area contributed by atoms with Crippen LogP contribution in [0.15, 0.2) is 18.2 Å². The van der Waals surface area contributed by atoms with Crippen LogP contribution in [0.5, 0.6) is 0 Å². The van der Waals surface area contributed by atoms with E-state index >= 15 is 0 Å². The van der Waals surface area contributed by atoms with Gasteiger partial charge in [-0.2, -0.15) is 0 Å². The largest absolute Gasteiger partial charge is 0.399 e. The Bertz CT molecular complexity index is 183. The molecule has 12 heavy (non-hydrogen) atoms. The second kappa shape index (κ2) is 5.43. The topological polar surface area (TPSA) is 64.1 Å². The first-order valence-corrected chi connectivity index (χ1v) is 3.81. The fourth-order valence-corrected chi connectivity index (χ4v) is 0.843. The van der Waals surface area contributed by atoms with E-state index in [2.05, 4.69) is 5.32 Å². The quantitative estimate of drug-likeness (QED) is 0.505. The van der Waals surface area contributed by atoms with Crippen LogP contribution >= 0.6 is 0 Å². The summed E-state index contributed by atoms with van der Waals surface area (Å²) in [6, 6.07) is 5.51. The molecule has 5 N–H and O–H groups in total. The van der Waals surface area contributed by atoms with Gasteiger partial charge in [-0.3, -0.25) is 0 Å². The maximum atomic E-state index is 5.48. The highest BCUT2D eigenvalue weighted by Crippen LogP contribution is 2.11. The number of hydrogen-bond donors (Lipinski definition) is 3. The first kappa shape index (κ1) is 10.8. The Balaban J connectivity index is 0.000000354. The lowest BCUT2D eigenvalue weighted by molar-refractivity contribution is 1.02. The Hall–Kier alpha value is -1.22. The molecule has 0 amide bonds. The molecular formula is C9H17N3. The van der Waals surface area contributed by atoms with Gasteiger partial charge < -0.3 is 16.8 Å². The minimum atomic E-state index is 0.729. The van der Waals surface area contributed by atoms with Gasteiger partial charge in [0.15, 0.2) is 0 Å². The highest BCUT2D eigenvalue weighted by Gasteiger charge is 1.88. The normalized spacial score (nSPS) is 8.58. The van der Waals surface area contributed by atoms with Gasteiger partial charge in [-0.05, 0) is 44.8 Å². The third-order valence-electron chi connectivity index (χ3n) is 1.12. The van der Waals surface area contributed by atoms with Crippen LogP contribution in [0, 0.1) is 6.92 Å². The molecular weight excluding hydrogens is 150 g/mol. The summed E-state index contributed by atoms with van der Waals surface area (Å²) in [4.78, 5) is 0. The van der Waals surface area contributed by atoms with Gasteiger partial charge in [0.25, 0.3) is 0 Å². The van der Waals surface area contributed by atoms with Crippen molar-refractivity contribution in [2.75, 3.05) is 25.6 Å². The highest BCUT2D eigenvalue weighted by molar-refractivity contribution is 5.53. The van der Waals surface area contributed by atoms with E-state index in [4.69, 9.17) is 11.5 Å². The first-order chi connectivity index (χ1) is 5.60. The minimum Gasteiger partial charge on any atom is -0.399 e. The van der Waals surface area contributed by atoms with E-state index in [9.17, 15) is 0 Å². The van der Waals surface area contributed by atoms with Crippen LogP contribution < -0.4 is 16.8 Å². The minimum absolute atomic E-state index is 0.729. The number of hydrogen-bond acceptors (Lipinski definition) is 3. The highest BCUT2D eigenvalue weighted by atomic mass is 14.7. The van der Waals surface area contributed by atoms with Crippen molar-refractivity contribution in [1.29, 1.82) is 0 Å². The van der Waals surface area contributed by atoms with E-state index in [-0.39, 0.29) is 0 Å². The lowest BCUT2D eigenvalue weighted by atomic mass is 10.2. The van der Waals surface area contributed by atoms with Crippen LogP contribution in [0.2, 0.25) is 0 Å². The summed E-state index contributed by atoms with van der Waals surface area (Å²) in [5.41, 5.74) is 13.5. The van der Waals surface area contributed by atoms with Crippen molar-refractivity contribution in [3.63, 3.8) is 0 Å². The Morgan fingerprint density at radius 1 is 1.00 bits per heavy atom. The van der Waals surface area contributed by atoms with Gasteiger partial charge in [-0.1, -0.05) is 0 Å². The van der Waals surface area contributed by atoms with Gasteiger partial charge in [-0.15, -0.1) is 0 Å². The van der Waals surface area contributed by atoms with Crippen molar-refractivity contribution in [2.45, 2.75) is 6.92 Å². The second-order valence-corrected chi connectivity index (χ2v) is 2.68. The Morgan fingerprint density at radius 3 is 1.58 bits per heavy atom. The summed E-state index contributed by atoms with van der Waals surface area (Å²) >= 11 is 0. The van der Waals surface area contributed by atoms with Gasteiger partial charge in [0, 0.05) is 11.4 Å². The van der Waals surface area contributed by atoms with Gasteiger partial charge in [0.05, 0.1) is 0 Å². The van der Waals surface area contributed by atoms with E-state index in [1.54, 1.807) is 6.07 Å². The maximum absolute atomic E-state index is 5.48. The van der Waals surface area contributed by atoms with Crippen LogP contribution in [-0.2, 0) is 0 Å². The van der Waals surface area contributed by atoms with Gasteiger partial charge >= 0.3 is 0 Å². The zero-order chi connectivity index (χ0) is 9.56. The average Bonchev–Trinajstić information content (AvgIpc) is 1.84. The zero-order valence-corrected chi connectivity index (χ0v) is 7.89. The van der Waals surface area contributed by atoms with Crippen molar-refractivity contribution >= 4 is 11.4 Å². The summed E-state index contributed by atoms with van der Waals surface area (Å²) in [7, 11) is 3.75. The molecule has 1 rings (SSSR count). The Morgan fingerprint density at radius 2 is 1.33 bits per heavy atom. The van der Waals surface area contributed by atoms with E-state index in [1.165, 1.54) is 0 Å². The molecule has 3 nitrogen and oxygen atoms in total. The zero-order valence-electron chi connectivity index (χ0n) is 7.89. The molecule has 0 saturated heterocycles. The molecule has 0 heterocycles. The van der Waals surface area contributed by atoms with E-state index in [1.807, 2.05) is 33.2 Å². The molecule has 0 aliphatic rings. The summed E-state index contributed by atoms with van der Waals surface area (Å²) < 4.78 is 0. The van der Waals surface area contributed by atoms with Crippen molar-refractivity contribution in [3.8, 4) is 0 Å². The standard InChI is InChI=1S/C7H10N2.C2H7N/c1-5-2-6(8)4-7(9)3-5;1-3-2/h2-4H,8-9H2,1H3;3H,1-2H3. The number of rotatable bonds is 0. The van der Waals surface area contributed by atoms with Crippen molar-refractivity contribution in [1.82, 2.24) is 5.32 Å². The molecule has 0 fully saturated rings. The number of benzene rings is 1. The summed E-state index contributed by atoms with van der Waals surface area (Å²) in [6.07, 6.45) is 0. The van der Waals surface area contributed by atoms with E-state index < -0.39 is 0 Å². The molecule has 0 unspecified atom stereocenters. The number of aryl methyl sites for hydroxylation is 1. The molecule has 0 aromatic heterocycles. The number of nitrogen functional groups attached to an aromatic ring is 2. The molecule has 1 aromatic rings. The summed E-state index contributed by atoms with van der Waals surface area (Å²) in [5.74, 6) is 0. The lowest BCUT2D eigenvalue weighted by Crippen LogP contribution is -1.90.